The van der Waals surface area contributed by atoms with Crippen LogP contribution in [0.2, 0.25) is 0 Å². The second kappa shape index (κ2) is 9.53. The molecule has 1 atom stereocenters. The maximum absolute atomic E-state index is 12.3. The standard InChI is InChI=1S/C20H28N4O3/c1-27-17-8-6-15(7-9-17)18-13-19(23-22-18)20(26)21-10-4-12-24-11-3-2-5-16(24)14-25/h6-9,13,16,25H,2-5,10-12,14H2,1H3,(H,21,26)(H,22,23). The average molecular weight is 372 g/mol. The van der Waals surface area contributed by atoms with Crippen molar-refractivity contribution in [1.82, 2.24) is 20.4 Å². The lowest BCUT2D eigenvalue weighted by Gasteiger charge is -2.34. The van der Waals surface area contributed by atoms with Crippen LogP contribution in [0.15, 0.2) is 30.3 Å². The molecule has 0 saturated carbocycles. The van der Waals surface area contributed by atoms with Crippen LogP contribution in [0, 0.1) is 0 Å². The highest BCUT2D eigenvalue weighted by Gasteiger charge is 2.20. The quantitative estimate of drug-likeness (QED) is 0.617. The fraction of sp³-hybridized carbons (Fsp3) is 0.500. The maximum atomic E-state index is 12.3. The SMILES string of the molecule is COc1ccc(-c2cc(C(=O)NCCCN3CCCCC3CO)[nH]n2)cc1. The first-order chi connectivity index (χ1) is 13.2. The number of aliphatic hydroxyl groups is 1. The Kier molecular flexibility index (Phi) is 6.84. The molecule has 3 rings (SSSR count). The first kappa shape index (κ1) is 19.4. The van der Waals surface area contributed by atoms with Gasteiger partial charge in [-0.3, -0.25) is 14.8 Å². The van der Waals surface area contributed by atoms with Crippen LogP contribution in [-0.4, -0.2) is 65.5 Å². The van der Waals surface area contributed by atoms with Crippen LogP contribution in [0.25, 0.3) is 11.3 Å². The van der Waals surface area contributed by atoms with Gasteiger partial charge >= 0.3 is 0 Å². The molecular weight excluding hydrogens is 344 g/mol. The Balaban J connectivity index is 1.46. The molecule has 0 aliphatic carbocycles. The summed E-state index contributed by atoms with van der Waals surface area (Å²) < 4.78 is 5.15. The molecule has 0 bridgehead atoms. The van der Waals surface area contributed by atoms with Gasteiger partial charge in [-0.2, -0.15) is 5.10 Å². The molecule has 1 aromatic heterocycles. The van der Waals surface area contributed by atoms with Gasteiger partial charge in [0, 0.05) is 24.7 Å². The van der Waals surface area contributed by atoms with E-state index in [1.807, 2.05) is 24.3 Å². The number of carbonyl (C=O) groups excluding carboxylic acids is 1. The molecule has 146 valence electrons. The molecule has 3 N–H and O–H groups in total. The molecule has 1 amide bonds. The number of rotatable bonds is 8. The molecule has 2 heterocycles. The Hall–Kier alpha value is -2.38. The first-order valence-corrected chi connectivity index (χ1v) is 9.54. The number of aromatic nitrogens is 2. The van der Waals surface area contributed by atoms with Crippen LogP contribution in [-0.2, 0) is 0 Å². The third kappa shape index (κ3) is 5.08. The van der Waals surface area contributed by atoms with Gasteiger partial charge < -0.3 is 15.2 Å². The second-order valence-electron chi connectivity index (χ2n) is 6.87. The molecule has 1 unspecified atom stereocenters. The van der Waals surface area contributed by atoms with Gasteiger partial charge in [-0.1, -0.05) is 6.42 Å². The highest BCUT2D eigenvalue weighted by molar-refractivity contribution is 5.93. The van der Waals surface area contributed by atoms with Crippen molar-refractivity contribution in [1.29, 1.82) is 0 Å². The lowest BCUT2D eigenvalue weighted by Crippen LogP contribution is -2.43. The van der Waals surface area contributed by atoms with Crippen LogP contribution in [0.3, 0.4) is 0 Å². The summed E-state index contributed by atoms with van der Waals surface area (Å²) in [5.41, 5.74) is 2.10. The van der Waals surface area contributed by atoms with Crippen LogP contribution >= 0.6 is 0 Å². The Morgan fingerprint density at radius 1 is 1.37 bits per heavy atom. The summed E-state index contributed by atoms with van der Waals surface area (Å²) in [5, 5.41) is 19.4. The van der Waals surface area contributed by atoms with Crippen LogP contribution in [0.5, 0.6) is 5.75 Å². The fourth-order valence-electron chi connectivity index (χ4n) is 3.49. The number of nitrogens with zero attached hydrogens (tertiary/aromatic N) is 2. The monoisotopic (exact) mass is 372 g/mol. The summed E-state index contributed by atoms with van der Waals surface area (Å²) in [6.07, 6.45) is 4.30. The number of nitrogens with one attached hydrogen (secondary N) is 2. The lowest BCUT2D eigenvalue weighted by molar-refractivity contribution is 0.0867. The van der Waals surface area contributed by atoms with E-state index in [-0.39, 0.29) is 18.6 Å². The second-order valence-corrected chi connectivity index (χ2v) is 6.87. The molecule has 0 radical (unpaired) electrons. The summed E-state index contributed by atoms with van der Waals surface area (Å²) in [6, 6.07) is 9.58. The van der Waals surface area contributed by atoms with Crippen molar-refractivity contribution in [2.45, 2.75) is 31.7 Å². The zero-order valence-corrected chi connectivity index (χ0v) is 15.8. The van der Waals surface area contributed by atoms with Crippen LogP contribution in [0.1, 0.15) is 36.2 Å². The van der Waals surface area contributed by atoms with E-state index in [1.165, 1.54) is 12.8 Å². The summed E-state index contributed by atoms with van der Waals surface area (Å²) in [4.78, 5) is 14.6. The van der Waals surface area contributed by atoms with Gasteiger partial charge in [-0.15, -0.1) is 0 Å². The molecule has 7 nitrogen and oxygen atoms in total. The Morgan fingerprint density at radius 2 is 2.19 bits per heavy atom. The topological polar surface area (TPSA) is 90.5 Å². The summed E-state index contributed by atoms with van der Waals surface area (Å²) in [5.74, 6) is 0.629. The minimum absolute atomic E-state index is 0.153. The van der Waals surface area contributed by atoms with Crippen LogP contribution in [0.4, 0.5) is 0 Å². The molecule has 0 spiro atoms. The van der Waals surface area contributed by atoms with E-state index in [0.717, 1.165) is 42.9 Å². The molecule has 1 aliphatic rings. The number of aromatic amines is 1. The van der Waals surface area contributed by atoms with E-state index in [0.29, 0.717) is 12.2 Å². The van der Waals surface area contributed by atoms with E-state index in [2.05, 4.69) is 20.4 Å². The number of hydrogen-bond acceptors (Lipinski definition) is 5. The number of ether oxygens (including phenoxy) is 1. The number of carbonyl (C=O) groups is 1. The number of H-pyrrole nitrogens is 1. The normalized spacial score (nSPS) is 17.6. The van der Waals surface area contributed by atoms with Crippen molar-refractivity contribution < 1.29 is 14.6 Å². The number of amides is 1. The number of piperidine rings is 1. The lowest BCUT2D eigenvalue weighted by atomic mass is 10.0. The molecule has 7 heteroatoms. The molecule has 1 saturated heterocycles. The van der Waals surface area contributed by atoms with Gasteiger partial charge in [0.1, 0.15) is 11.4 Å². The van der Waals surface area contributed by atoms with E-state index >= 15 is 0 Å². The Labute approximate surface area is 159 Å². The number of methoxy groups -OCH3 is 1. The molecule has 1 fully saturated rings. The molecule has 27 heavy (non-hydrogen) atoms. The van der Waals surface area contributed by atoms with Crippen molar-refractivity contribution in [2.24, 2.45) is 0 Å². The average Bonchev–Trinajstić information content (AvgIpc) is 3.22. The summed E-state index contributed by atoms with van der Waals surface area (Å²) in [7, 11) is 1.63. The van der Waals surface area contributed by atoms with Gasteiger partial charge in [-0.05, 0) is 56.1 Å². The minimum atomic E-state index is -0.153. The zero-order valence-electron chi connectivity index (χ0n) is 15.8. The highest BCUT2D eigenvalue weighted by atomic mass is 16.5. The van der Waals surface area contributed by atoms with Crippen molar-refractivity contribution in [3.8, 4) is 17.0 Å². The van der Waals surface area contributed by atoms with Gasteiger partial charge in [0.25, 0.3) is 5.91 Å². The van der Waals surface area contributed by atoms with E-state index in [1.54, 1.807) is 13.2 Å². The van der Waals surface area contributed by atoms with E-state index in [9.17, 15) is 9.90 Å². The number of likely N-dealkylation sites (tertiary alicyclic amines) is 1. The van der Waals surface area contributed by atoms with Crippen molar-refractivity contribution >= 4 is 5.91 Å². The van der Waals surface area contributed by atoms with Gasteiger partial charge in [0.15, 0.2) is 0 Å². The fourth-order valence-corrected chi connectivity index (χ4v) is 3.49. The molecule has 1 aliphatic heterocycles. The Morgan fingerprint density at radius 3 is 2.93 bits per heavy atom. The van der Waals surface area contributed by atoms with Gasteiger partial charge in [0.05, 0.1) is 19.4 Å². The van der Waals surface area contributed by atoms with Crippen molar-refractivity contribution in [2.75, 3.05) is 33.4 Å². The molecule has 2 aromatic rings. The molecule has 1 aromatic carbocycles. The van der Waals surface area contributed by atoms with Crippen LogP contribution < -0.4 is 10.1 Å². The van der Waals surface area contributed by atoms with E-state index < -0.39 is 0 Å². The zero-order chi connectivity index (χ0) is 19.1. The maximum Gasteiger partial charge on any atom is 0.269 e. The summed E-state index contributed by atoms with van der Waals surface area (Å²) >= 11 is 0. The van der Waals surface area contributed by atoms with Gasteiger partial charge in [-0.25, -0.2) is 0 Å². The first-order valence-electron chi connectivity index (χ1n) is 9.54. The third-order valence-electron chi connectivity index (χ3n) is 5.08. The van der Waals surface area contributed by atoms with Gasteiger partial charge in [0.2, 0.25) is 0 Å². The number of hydrogen-bond donors (Lipinski definition) is 3. The predicted octanol–water partition coefficient (Wildman–Crippen LogP) is 2.05. The highest BCUT2D eigenvalue weighted by Crippen LogP contribution is 2.21. The number of aliphatic hydroxyl groups excluding tert-OH is 1. The molecular formula is C20H28N4O3. The minimum Gasteiger partial charge on any atom is -0.497 e. The third-order valence-corrected chi connectivity index (χ3v) is 5.08. The largest absolute Gasteiger partial charge is 0.497 e. The number of benzene rings is 1. The van der Waals surface area contributed by atoms with Crippen molar-refractivity contribution in [3.63, 3.8) is 0 Å². The Bertz CT molecular complexity index is 729. The van der Waals surface area contributed by atoms with Crippen molar-refractivity contribution in [3.05, 3.63) is 36.0 Å². The van der Waals surface area contributed by atoms with E-state index in [4.69, 9.17) is 4.74 Å². The predicted molar refractivity (Wildman–Crippen MR) is 104 cm³/mol. The summed E-state index contributed by atoms with van der Waals surface area (Å²) in [6.45, 7) is 2.75. The smallest absolute Gasteiger partial charge is 0.269 e.